The molecule has 80 valence electrons. The summed E-state index contributed by atoms with van der Waals surface area (Å²) in [6.07, 6.45) is 1.05. The fourth-order valence-electron chi connectivity index (χ4n) is 2.21. The molecule has 1 fully saturated rings. The first-order chi connectivity index (χ1) is 7.27. The lowest BCUT2D eigenvalue weighted by atomic mass is 9.95. The van der Waals surface area contributed by atoms with Gasteiger partial charge in [-0.2, -0.15) is 0 Å². The molecule has 1 unspecified atom stereocenters. The molecular weight excluding hydrogens is 212 g/mol. The van der Waals surface area contributed by atoms with E-state index in [2.05, 4.69) is 10.6 Å². The summed E-state index contributed by atoms with van der Waals surface area (Å²) >= 11 is 5.97. The molecule has 0 bridgehead atoms. The SMILES string of the molecule is Clc1ccc2c(c1)NC1(CCOC1)CN2. The first-order valence-electron chi connectivity index (χ1n) is 5.17. The Morgan fingerprint density at radius 3 is 3.07 bits per heavy atom. The van der Waals surface area contributed by atoms with Crippen molar-refractivity contribution < 1.29 is 4.74 Å². The largest absolute Gasteiger partial charge is 0.381 e. The van der Waals surface area contributed by atoms with Crippen LogP contribution in [0.1, 0.15) is 6.42 Å². The van der Waals surface area contributed by atoms with Crippen LogP contribution in [-0.2, 0) is 4.74 Å². The van der Waals surface area contributed by atoms with Gasteiger partial charge in [-0.1, -0.05) is 11.6 Å². The number of ether oxygens (including phenoxy) is 1. The fourth-order valence-corrected chi connectivity index (χ4v) is 2.39. The molecule has 0 amide bonds. The Hall–Kier alpha value is -0.930. The van der Waals surface area contributed by atoms with Crippen LogP contribution in [0.2, 0.25) is 5.02 Å². The molecule has 0 aromatic heterocycles. The Kier molecular flexibility index (Phi) is 2.04. The maximum atomic E-state index is 5.97. The predicted molar refractivity (Wildman–Crippen MR) is 61.7 cm³/mol. The number of anilines is 2. The van der Waals surface area contributed by atoms with E-state index in [4.69, 9.17) is 16.3 Å². The van der Waals surface area contributed by atoms with Gasteiger partial charge in [0.1, 0.15) is 0 Å². The second-order valence-electron chi connectivity index (χ2n) is 4.25. The molecule has 1 atom stereocenters. The quantitative estimate of drug-likeness (QED) is 0.710. The third kappa shape index (κ3) is 1.56. The summed E-state index contributed by atoms with van der Waals surface area (Å²) < 4.78 is 5.45. The van der Waals surface area contributed by atoms with E-state index in [1.54, 1.807) is 0 Å². The normalized spacial score (nSPS) is 28.3. The molecular formula is C11H13ClN2O. The number of nitrogens with one attached hydrogen (secondary N) is 2. The highest BCUT2D eigenvalue weighted by Crippen LogP contribution is 2.35. The summed E-state index contributed by atoms with van der Waals surface area (Å²) in [6, 6.07) is 5.87. The van der Waals surface area contributed by atoms with Crippen LogP contribution in [0.5, 0.6) is 0 Å². The Bertz CT molecular complexity index is 388. The third-order valence-electron chi connectivity index (χ3n) is 3.10. The average molecular weight is 225 g/mol. The highest BCUT2D eigenvalue weighted by atomic mass is 35.5. The molecule has 2 N–H and O–H groups in total. The summed E-state index contributed by atoms with van der Waals surface area (Å²) in [7, 11) is 0. The van der Waals surface area contributed by atoms with Crippen molar-refractivity contribution in [1.82, 2.24) is 0 Å². The lowest BCUT2D eigenvalue weighted by Gasteiger charge is -2.36. The number of rotatable bonds is 0. The van der Waals surface area contributed by atoms with Crippen molar-refractivity contribution in [3.8, 4) is 0 Å². The molecule has 3 rings (SSSR count). The van der Waals surface area contributed by atoms with Crippen LogP contribution < -0.4 is 10.6 Å². The maximum Gasteiger partial charge on any atom is 0.0801 e. The molecule has 2 heterocycles. The summed E-state index contributed by atoms with van der Waals surface area (Å²) in [6.45, 7) is 2.53. The molecule has 3 nitrogen and oxygen atoms in total. The maximum absolute atomic E-state index is 5.97. The monoisotopic (exact) mass is 224 g/mol. The Morgan fingerprint density at radius 1 is 1.33 bits per heavy atom. The number of hydrogen-bond acceptors (Lipinski definition) is 3. The van der Waals surface area contributed by atoms with E-state index in [0.717, 1.165) is 42.6 Å². The van der Waals surface area contributed by atoms with E-state index in [1.165, 1.54) is 0 Å². The predicted octanol–water partition coefficient (Wildman–Crippen LogP) is 2.34. The molecule has 1 aromatic rings. The van der Waals surface area contributed by atoms with Gasteiger partial charge in [0.2, 0.25) is 0 Å². The second kappa shape index (κ2) is 3.29. The standard InChI is InChI=1S/C11H13ClN2O/c12-8-1-2-9-10(5-8)14-11(6-13-9)3-4-15-7-11/h1-2,5,13-14H,3-4,6-7H2. The van der Waals surface area contributed by atoms with Gasteiger partial charge < -0.3 is 15.4 Å². The number of fused-ring (bicyclic) bond motifs is 1. The summed E-state index contributed by atoms with van der Waals surface area (Å²) in [5.41, 5.74) is 2.27. The van der Waals surface area contributed by atoms with E-state index < -0.39 is 0 Å². The van der Waals surface area contributed by atoms with E-state index in [-0.39, 0.29) is 5.54 Å². The third-order valence-corrected chi connectivity index (χ3v) is 3.34. The van der Waals surface area contributed by atoms with Crippen LogP contribution in [0.3, 0.4) is 0 Å². The zero-order valence-corrected chi connectivity index (χ0v) is 9.10. The molecule has 0 saturated carbocycles. The summed E-state index contributed by atoms with van der Waals surface area (Å²) in [5.74, 6) is 0. The van der Waals surface area contributed by atoms with E-state index >= 15 is 0 Å². The summed E-state index contributed by atoms with van der Waals surface area (Å²) in [4.78, 5) is 0. The Labute approximate surface area is 93.8 Å². The molecule has 4 heteroatoms. The highest BCUT2D eigenvalue weighted by Gasteiger charge is 2.37. The van der Waals surface area contributed by atoms with Gasteiger partial charge in [0, 0.05) is 18.2 Å². The van der Waals surface area contributed by atoms with Crippen molar-refractivity contribution in [3.05, 3.63) is 23.2 Å². The zero-order chi connectivity index (χ0) is 10.3. The van der Waals surface area contributed by atoms with Gasteiger partial charge in [-0.3, -0.25) is 0 Å². The molecule has 1 aromatic carbocycles. The first-order valence-corrected chi connectivity index (χ1v) is 5.55. The summed E-state index contributed by atoms with van der Waals surface area (Å²) in [5, 5.41) is 7.73. The van der Waals surface area contributed by atoms with Crippen molar-refractivity contribution in [2.75, 3.05) is 30.4 Å². The second-order valence-corrected chi connectivity index (χ2v) is 4.69. The van der Waals surface area contributed by atoms with Crippen molar-refractivity contribution in [1.29, 1.82) is 0 Å². The van der Waals surface area contributed by atoms with Crippen LogP contribution in [-0.4, -0.2) is 25.3 Å². The molecule has 0 radical (unpaired) electrons. The molecule has 15 heavy (non-hydrogen) atoms. The van der Waals surface area contributed by atoms with Crippen LogP contribution in [0, 0.1) is 0 Å². The van der Waals surface area contributed by atoms with E-state index in [9.17, 15) is 0 Å². The Balaban J connectivity index is 1.94. The van der Waals surface area contributed by atoms with Crippen LogP contribution in [0.15, 0.2) is 18.2 Å². The van der Waals surface area contributed by atoms with Gasteiger partial charge >= 0.3 is 0 Å². The number of benzene rings is 1. The van der Waals surface area contributed by atoms with E-state index in [0.29, 0.717) is 0 Å². The first kappa shape index (κ1) is 9.31. The van der Waals surface area contributed by atoms with Crippen LogP contribution in [0.4, 0.5) is 11.4 Å². The van der Waals surface area contributed by atoms with Gasteiger partial charge in [-0.25, -0.2) is 0 Å². The van der Waals surface area contributed by atoms with Crippen molar-refractivity contribution >= 4 is 23.0 Å². The van der Waals surface area contributed by atoms with Gasteiger partial charge in [0.05, 0.1) is 23.5 Å². The molecule has 2 aliphatic heterocycles. The lowest BCUT2D eigenvalue weighted by molar-refractivity contribution is 0.184. The van der Waals surface area contributed by atoms with E-state index in [1.807, 2.05) is 18.2 Å². The Morgan fingerprint density at radius 2 is 2.27 bits per heavy atom. The zero-order valence-electron chi connectivity index (χ0n) is 8.35. The minimum atomic E-state index is 0.0671. The fraction of sp³-hybridized carbons (Fsp3) is 0.455. The highest BCUT2D eigenvalue weighted by molar-refractivity contribution is 6.31. The van der Waals surface area contributed by atoms with Crippen molar-refractivity contribution in [3.63, 3.8) is 0 Å². The van der Waals surface area contributed by atoms with Crippen molar-refractivity contribution in [2.24, 2.45) is 0 Å². The molecule has 1 saturated heterocycles. The molecule has 2 aliphatic rings. The topological polar surface area (TPSA) is 33.3 Å². The van der Waals surface area contributed by atoms with Gasteiger partial charge in [0.25, 0.3) is 0 Å². The minimum Gasteiger partial charge on any atom is -0.381 e. The lowest BCUT2D eigenvalue weighted by Crippen LogP contribution is -2.48. The van der Waals surface area contributed by atoms with Gasteiger partial charge in [-0.05, 0) is 24.6 Å². The molecule has 1 spiro atoms. The van der Waals surface area contributed by atoms with Crippen LogP contribution >= 0.6 is 11.6 Å². The number of hydrogen-bond donors (Lipinski definition) is 2. The smallest absolute Gasteiger partial charge is 0.0801 e. The van der Waals surface area contributed by atoms with Gasteiger partial charge in [0.15, 0.2) is 0 Å². The minimum absolute atomic E-state index is 0.0671. The number of halogens is 1. The van der Waals surface area contributed by atoms with Crippen molar-refractivity contribution in [2.45, 2.75) is 12.0 Å². The average Bonchev–Trinajstić information content (AvgIpc) is 2.66. The molecule has 0 aliphatic carbocycles. The van der Waals surface area contributed by atoms with Gasteiger partial charge in [-0.15, -0.1) is 0 Å². The van der Waals surface area contributed by atoms with Crippen LogP contribution in [0.25, 0.3) is 0 Å².